The average molecular weight is 365 g/mol. The van der Waals surface area contributed by atoms with E-state index in [1.54, 1.807) is 0 Å². The molecule has 0 aliphatic carbocycles. The Kier molecular flexibility index (Phi) is 9.27. The smallest absolute Gasteiger partial charge is 0.328 e. The molecule has 25 heavy (non-hydrogen) atoms. The molecular formula is C19H27NO4S. The van der Waals surface area contributed by atoms with E-state index >= 15 is 0 Å². The van der Waals surface area contributed by atoms with Gasteiger partial charge in [-0.1, -0.05) is 55.9 Å². The number of thioether (sulfide) groups is 1. The van der Waals surface area contributed by atoms with Crippen LogP contribution in [-0.2, 0) is 25.5 Å². The van der Waals surface area contributed by atoms with Gasteiger partial charge in [-0.05, 0) is 24.3 Å². The highest BCUT2D eigenvalue weighted by molar-refractivity contribution is 8.13. The van der Waals surface area contributed by atoms with E-state index in [9.17, 15) is 14.4 Å². The van der Waals surface area contributed by atoms with Crippen LogP contribution < -0.4 is 5.32 Å². The molecule has 0 spiro atoms. The van der Waals surface area contributed by atoms with E-state index in [0.29, 0.717) is 18.6 Å². The average Bonchev–Trinajstić information content (AvgIpc) is 2.57. The summed E-state index contributed by atoms with van der Waals surface area (Å²) in [5.74, 6) is -0.446. The van der Waals surface area contributed by atoms with Crippen molar-refractivity contribution in [3.8, 4) is 0 Å². The maximum atomic E-state index is 12.7. The number of nitrogens with one attached hydrogen (secondary N) is 1. The number of carbonyl (C=O) groups excluding carboxylic acids is 3. The van der Waals surface area contributed by atoms with E-state index in [0.717, 1.165) is 17.3 Å². The van der Waals surface area contributed by atoms with E-state index < -0.39 is 17.9 Å². The van der Waals surface area contributed by atoms with Gasteiger partial charge in [0.05, 0.1) is 13.0 Å². The van der Waals surface area contributed by atoms with Crippen molar-refractivity contribution in [2.75, 3.05) is 12.9 Å². The molecular weight excluding hydrogens is 338 g/mol. The molecule has 0 aromatic heterocycles. The quantitative estimate of drug-likeness (QED) is 0.681. The molecule has 1 amide bonds. The Labute approximate surface area is 153 Å². The van der Waals surface area contributed by atoms with Crippen molar-refractivity contribution in [3.63, 3.8) is 0 Å². The van der Waals surface area contributed by atoms with Gasteiger partial charge >= 0.3 is 5.97 Å². The van der Waals surface area contributed by atoms with Crippen molar-refractivity contribution < 1.29 is 19.1 Å². The normalized spacial score (nSPS) is 13.2. The zero-order valence-corrected chi connectivity index (χ0v) is 16.1. The van der Waals surface area contributed by atoms with Crippen molar-refractivity contribution in [1.82, 2.24) is 5.32 Å². The number of benzene rings is 1. The molecule has 6 heteroatoms. The number of amides is 1. The maximum absolute atomic E-state index is 12.7. The lowest BCUT2D eigenvalue weighted by atomic mass is 9.98. The topological polar surface area (TPSA) is 72.5 Å². The van der Waals surface area contributed by atoms with Crippen LogP contribution in [0.4, 0.5) is 0 Å². The van der Waals surface area contributed by atoms with Crippen molar-refractivity contribution >= 4 is 28.8 Å². The van der Waals surface area contributed by atoms with Crippen LogP contribution >= 0.6 is 11.8 Å². The van der Waals surface area contributed by atoms with E-state index in [2.05, 4.69) is 5.32 Å². The minimum absolute atomic E-state index is 0.0300. The summed E-state index contributed by atoms with van der Waals surface area (Å²) in [6.07, 6.45) is 1.03. The van der Waals surface area contributed by atoms with Crippen LogP contribution in [0.5, 0.6) is 0 Å². The third-order valence-electron chi connectivity index (χ3n) is 3.69. The molecule has 0 aliphatic rings. The molecule has 0 radical (unpaired) electrons. The van der Waals surface area contributed by atoms with Gasteiger partial charge in [-0.3, -0.25) is 9.59 Å². The van der Waals surface area contributed by atoms with Crippen LogP contribution in [0, 0.1) is 11.8 Å². The Hall–Kier alpha value is -1.82. The number of esters is 1. The first kappa shape index (κ1) is 21.2. The summed E-state index contributed by atoms with van der Waals surface area (Å²) in [7, 11) is 1.31. The monoisotopic (exact) mass is 365 g/mol. The fourth-order valence-corrected chi connectivity index (χ4v) is 3.17. The number of methoxy groups -OCH3 is 1. The lowest BCUT2D eigenvalue weighted by molar-refractivity contribution is -0.146. The third kappa shape index (κ3) is 8.20. The predicted molar refractivity (Wildman–Crippen MR) is 100 cm³/mol. The summed E-state index contributed by atoms with van der Waals surface area (Å²) in [5, 5.41) is 2.77. The minimum Gasteiger partial charge on any atom is -0.467 e. The first-order chi connectivity index (χ1) is 11.8. The van der Waals surface area contributed by atoms with Crippen LogP contribution in [-0.4, -0.2) is 35.9 Å². The SMILES string of the molecule is COC(=O)[C@H](CC(C)C)NC(=O)C(CSC(C)=O)Cc1ccccc1. The van der Waals surface area contributed by atoms with Crippen LogP contribution in [0.2, 0.25) is 0 Å². The molecule has 1 rings (SSSR count). The number of hydrogen-bond acceptors (Lipinski definition) is 5. The van der Waals surface area contributed by atoms with E-state index in [4.69, 9.17) is 4.74 Å². The molecule has 0 saturated carbocycles. The molecule has 138 valence electrons. The molecule has 0 heterocycles. The lowest BCUT2D eigenvalue weighted by Crippen LogP contribution is -2.46. The van der Waals surface area contributed by atoms with Gasteiger partial charge in [0, 0.05) is 12.7 Å². The fourth-order valence-electron chi connectivity index (χ4n) is 2.46. The lowest BCUT2D eigenvalue weighted by Gasteiger charge is -2.22. The maximum Gasteiger partial charge on any atom is 0.328 e. The molecule has 1 aromatic rings. The van der Waals surface area contributed by atoms with E-state index in [1.165, 1.54) is 14.0 Å². The van der Waals surface area contributed by atoms with Gasteiger partial charge < -0.3 is 10.1 Å². The summed E-state index contributed by atoms with van der Waals surface area (Å²) >= 11 is 1.13. The predicted octanol–water partition coefficient (Wildman–Crippen LogP) is 2.83. The zero-order valence-electron chi connectivity index (χ0n) is 15.3. The molecule has 0 aliphatic heterocycles. The summed E-state index contributed by atoms with van der Waals surface area (Å²) < 4.78 is 4.80. The largest absolute Gasteiger partial charge is 0.467 e. The van der Waals surface area contributed by atoms with Crippen LogP contribution in [0.3, 0.4) is 0 Å². The Morgan fingerprint density at radius 1 is 1.16 bits per heavy atom. The summed E-state index contributed by atoms with van der Waals surface area (Å²) in [6, 6.07) is 8.98. The first-order valence-electron chi connectivity index (χ1n) is 8.39. The molecule has 5 nitrogen and oxygen atoms in total. The molecule has 0 fully saturated rings. The van der Waals surface area contributed by atoms with Crippen molar-refractivity contribution in [3.05, 3.63) is 35.9 Å². The molecule has 0 saturated heterocycles. The second-order valence-corrected chi connectivity index (χ2v) is 7.60. The molecule has 2 atom stereocenters. The summed E-state index contributed by atoms with van der Waals surface area (Å²) in [6.45, 7) is 5.45. The third-order valence-corrected chi connectivity index (χ3v) is 4.67. The molecule has 1 unspecified atom stereocenters. The Morgan fingerprint density at radius 3 is 2.32 bits per heavy atom. The second kappa shape index (κ2) is 10.9. The first-order valence-corrected chi connectivity index (χ1v) is 9.37. The standard InChI is InChI=1S/C19H27NO4S/c1-13(2)10-17(19(23)24-4)20-18(22)16(12-25-14(3)21)11-15-8-6-5-7-9-15/h5-9,13,16-17H,10-12H2,1-4H3,(H,20,22)/t16?,17-/m0/s1. The highest BCUT2D eigenvalue weighted by Gasteiger charge is 2.27. The summed E-state index contributed by atoms with van der Waals surface area (Å²) in [5.41, 5.74) is 1.02. The Morgan fingerprint density at radius 2 is 1.80 bits per heavy atom. The van der Waals surface area contributed by atoms with Crippen molar-refractivity contribution in [2.24, 2.45) is 11.8 Å². The van der Waals surface area contributed by atoms with Gasteiger partial charge in [-0.15, -0.1) is 0 Å². The van der Waals surface area contributed by atoms with Gasteiger partial charge in [0.15, 0.2) is 5.12 Å². The Balaban J connectivity index is 2.84. The van der Waals surface area contributed by atoms with Crippen molar-refractivity contribution in [2.45, 2.75) is 39.7 Å². The fraction of sp³-hybridized carbons (Fsp3) is 0.526. The van der Waals surface area contributed by atoms with Crippen LogP contribution in [0.25, 0.3) is 0 Å². The van der Waals surface area contributed by atoms with E-state index in [-0.39, 0.29) is 16.9 Å². The van der Waals surface area contributed by atoms with Gasteiger partial charge in [-0.25, -0.2) is 4.79 Å². The highest BCUT2D eigenvalue weighted by Crippen LogP contribution is 2.17. The number of hydrogen-bond donors (Lipinski definition) is 1. The van der Waals surface area contributed by atoms with Gasteiger partial charge in [0.2, 0.25) is 5.91 Å². The van der Waals surface area contributed by atoms with Crippen LogP contribution in [0.1, 0.15) is 32.8 Å². The number of carbonyl (C=O) groups is 3. The zero-order chi connectivity index (χ0) is 18.8. The van der Waals surface area contributed by atoms with Crippen molar-refractivity contribution in [1.29, 1.82) is 0 Å². The minimum atomic E-state index is -0.668. The molecule has 1 aromatic carbocycles. The Bertz CT molecular complexity index is 574. The summed E-state index contributed by atoms with van der Waals surface area (Å²) in [4.78, 5) is 36.0. The van der Waals surface area contributed by atoms with Gasteiger partial charge in [-0.2, -0.15) is 0 Å². The number of ether oxygens (including phenoxy) is 1. The molecule has 1 N–H and O–H groups in total. The van der Waals surface area contributed by atoms with Gasteiger partial charge in [0.1, 0.15) is 6.04 Å². The highest BCUT2D eigenvalue weighted by atomic mass is 32.2. The second-order valence-electron chi connectivity index (χ2n) is 6.40. The van der Waals surface area contributed by atoms with Crippen LogP contribution in [0.15, 0.2) is 30.3 Å². The van der Waals surface area contributed by atoms with Gasteiger partial charge in [0.25, 0.3) is 0 Å². The molecule has 0 bridgehead atoms. The van der Waals surface area contributed by atoms with E-state index in [1.807, 2.05) is 44.2 Å². The number of rotatable bonds is 9.